The van der Waals surface area contributed by atoms with Crippen LogP contribution in [0.2, 0.25) is 5.02 Å². The van der Waals surface area contributed by atoms with Crippen LogP contribution >= 0.6 is 11.6 Å². The molecule has 0 spiro atoms. The summed E-state index contributed by atoms with van der Waals surface area (Å²) in [5.74, 6) is 0. The van der Waals surface area contributed by atoms with E-state index in [2.05, 4.69) is 11.4 Å². The summed E-state index contributed by atoms with van der Waals surface area (Å²) in [6.07, 6.45) is 0. The molecule has 1 aliphatic heterocycles. The van der Waals surface area contributed by atoms with E-state index in [1.165, 1.54) is 0 Å². The highest BCUT2D eigenvalue weighted by molar-refractivity contribution is 6.33. The molecule has 5 nitrogen and oxygen atoms in total. The van der Waals surface area contributed by atoms with Crippen LogP contribution in [0.5, 0.6) is 0 Å². The van der Waals surface area contributed by atoms with E-state index in [0.717, 1.165) is 13.1 Å². The summed E-state index contributed by atoms with van der Waals surface area (Å²) in [6.45, 7) is 3.11. The molecule has 1 heterocycles. The van der Waals surface area contributed by atoms with E-state index in [0.29, 0.717) is 30.3 Å². The number of hydrogen-bond acceptors (Lipinski definition) is 3. The number of urea groups is 1. The van der Waals surface area contributed by atoms with Crippen molar-refractivity contribution < 1.29 is 4.79 Å². The fourth-order valence-electron chi connectivity index (χ4n) is 1.97. The van der Waals surface area contributed by atoms with E-state index in [1.54, 1.807) is 17.0 Å². The molecule has 0 bridgehead atoms. The number of nitrogens with zero attached hydrogens (tertiary/aromatic N) is 3. The molecule has 1 saturated heterocycles. The summed E-state index contributed by atoms with van der Waals surface area (Å²) in [5.41, 5.74) is 0.619. The Bertz CT molecular complexity index is 492. The van der Waals surface area contributed by atoms with Gasteiger partial charge in [0.1, 0.15) is 0 Å². The highest BCUT2D eigenvalue weighted by Gasteiger charge is 2.21. The van der Waals surface area contributed by atoms with Crippen molar-refractivity contribution in [2.75, 3.05) is 38.0 Å². The third-order valence-corrected chi connectivity index (χ3v) is 3.40. The molecule has 0 unspecified atom stereocenters. The van der Waals surface area contributed by atoms with E-state index in [4.69, 9.17) is 16.9 Å². The summed E-state index contributed by atoms with van der Waals surface area (Å²) >= 11 is 5.99. The number of hydrogen-bond donors (Lipinski definition) is 1. The molecular weight excluding hydrogens is 264 g/mol. The number of nitrogens with one attached hydrogen (secondary N) is 1. The van der Waals surface area contributed by atoms with Crippen LogP contribution in [0.25, 0.3) is 0 Å². The Kier molecular flexibility index (Phi) is 4.61. The van der Waals surface area contributed by atoms with Crippen LogP contribution in [0.3, 0.4) is 0 Å². The SMILES string of the molecule is N#CCN1CCN(C(=O)Nc2ccccc2Cl)CC1. The van der Waals surface area contributed by atoms with Crippen molar-refractivity contribution in [2.45, 2.75) is 0 Å². The number of carbonyl (C=O) groups excluding carboxylic acids is 1. The third-order valence-electron chi connectivity index (χ3n) is 3.07. The van der Waals surface area contributed by atoms with Crippen molar-refractivity contribution in [3.05, 3.63) is 29.3 Å². The topological polar surface area (TPSA) is 59.4 Å². The van der Waals surface area contributed by atoms with E-state index < -0.39 is 0 Å². The zero-order chi connectivity index (χ0) is 13.7. The second kappa shape index (κ2) is 6.41. The summed E-state index contributed by atoms with van der Waals surface area (Å²) in [7, 11) is 0. The second-order valence-electron chi connectivity index (χ2n) is 4.33. The lowest BCUT2D eigenvalue weighted by Crippen LogP contribution is -2.50. The normalized spacial score (nSPS) is 15.9. The quantitative estimate of drug-likeness (QED) is 0.842. The summed E-state index contributed by atoms with van der Waals surface area (Å²) in [4.78, 5) is 15.8. The molecule has 1 aromatic rings. The van der Waals surface area contributed by atoms with Gasteiger partial charge in [-0.3, -0.25) is 4.90 Å². The number of anilines is 1. The van der Waals surface area contributed by atoms with Crippen molar-refractivity contribution in [1.82, 2.24) is 9.80 Å². The highest BCUT2D eigenvalue weighted by atomic mass is 35.5. The number of piperazine rings is 1. The van der Waals surface area contributed by atoms with Crippen molar-refractivity contribution >= 4 is 23.3 Å². The first kappa shape index (κ1) is 13.7. The first-order valence-electron chi connectivity index (χ1n) is 6.10. The molecule has 6 heteroatoms. The summed E-state index contributed by atoms with van der Waals surface area (Å²) in [6, 6.07) is 9.12. The number of nitriles is 1. The predicted molar refractivity (Wildman–Crippen MR) is 74.1 cm³/mol. The Labute approximate surface area is 117 Å². The van der Waals surface area contributed by atoms with Crippen molar-refractivity contribution in [2.24, 2.45) is 0 Å². The molecule has 1 aliphatic rings. The van der Waals surface area contributed by atoms with Crippen LogP contribution in [0.15, 0.2) is 24.3 Å². The van der Waals surface area contributed by atoms with Crippen molar-refractivity contribution in [3.63, 3.8) is 0 Å². The maximum atomic E-state index is 12.1. The van der Waals surface area contributed by atoms with Gasteiger partial charge < -0.3 is 10.2 Å². The first-order valence-corrected chi connectivity index (χ1v) is 6.48. The molecular formula is C13H15ClN4O. The minimum Gasteiger partial charge on any atom is -0.322 e. The lowest BCUT2D eigenvalue weighted by Gasteiger charge is -2.33. The van der Waals surface area contributed by atoms with Crippen LogP contribution in [-0.4, -0.2) is 48.6 Å². The highest BCUT2D eigenvalue weighted by Crippen LogP contribution is 2.20. The maximum absolute atomic E-state index is 12.1. The van der Waals surface area contributed by atoms with Gasteiger partial charge in [-0.15, -0.1) is 0 Å². The molecule has 2 amide bonds. The van der Waals surface area contributed by atoms with Crippen molar-refractivity contribution in [1.29, 1.82) is 5.26 Å². The number of rotatable bonds is 2. The zero-order valence-electron chi connectivity index (χ0n) is 10.5. The summed E-state index contributed by atoms with van der Waals surface area (Å²) < 4.78 is 0. The molecule has 0 radical (unpaired) electrons. The van der Waals surface area contributed by atoms with E-state index >= 15 is 0 Å². The van der Waals surface area contributed by atoms with Gasteiger partial charge in [-0.1, -0.05) is 23.7 Å². The molecule has 0 saturated carbocycles. The lowest BCUT2D eigenvalue weighted by atomic mass is 10.3. The van der Waals surface area contributed by atoms with Crippen LogP contribution in [-0.2, 0) is 0 Å². The predicted octanol–water partition coefficient (Wildman–Crippen LogP) is 2.01. The van der Waals surface area contributed by atoms with Gasteiger partial charge in [0.25, 0.3) is 0 Å². The van der Waals surface area contributed by atoms with Crippen LogP contribution in [0.1, 0.15) is 0 Å². The Morgan fingerprint density at radius 2 is 2.00 bits per heavy atom. The number of amides is 2. The monoisotopic (exact) mass is 278 g/mol. The van der Waals surface area contributed by atoms with Gasteiger partial charge in [0.05, 0.1) is 23.3 Å². The van der Waals surface area contributed by atoms with Gasteiger partial charge in [-0.2, -0.15) is 5.26 Å². The minimum atomic E-state index is -0.148. The Balaban J connectivity index is 1.89. The van der Waals surface area contributed by atoms with Gasteiger partial charge >= 0.3 is 6.03 Å². The van der Waals surface area contributed by atoms with E-state index in [1.807, 2.05) is 17.0 Å². The minimum absolute atomic E-state index is 0.148. The molecule has 0 aliphatic carbocycles. The standard InChI is InChI=1S/C13H15ClN4O/c14-11-3-1-2-4-12(11)16-13(19)18-9-7-17(6-5-15)8-10-18/h1-4H,6-10H2,(H,16,19). The fraction of sp³-hybridized carbons (Fsp3) is 0.385. The van der Waals surface area contributed by atoms with Crippen LogP contribution in [0.4, 0.5) is 10.5 Å². The zero-order valence-corrected chi connectivity index (χ0v) is 11.2. The number of para-hydroxylation sites is 1. The maximum Gasteiger partial charge on any atom is 0.321 e. The van der Waals surface area contributed by atoms with Gasteiger partial charge in [0, 0.05) is 26.2 Å². The van der Waals surface area contributed by atoms with Gasteiger partial charge in [0.2, 0.25) is 0 Å². The molecule has 1 fully saturated rings. The van der Waals surface area contributed by atoms with Crippen molar-refractivity contribution in [3.8, 4) is 6.07 Å². The van der Waals surface area contributed by atoms with Gasteiger partial charge in [0.15, 0.2) is 0 Å². The molecule has 1 N–H and O–H groups in total. The largest absolute Gasteiger partial charge is 0.322 e. The average Bonchev–Trinajstić information content (AvgIpc) is 2.42. The Morgan fingerprint density at radius 1 is 1.32 bits per heavy atom. The fourth-order valence-corrected chi connectivity index (χ4v) is 2.15. The second-order valence-corrected chi connectivity index (χ2v) is 4.74. The molecule has 2 rings (SSSR count). The average molecular weight is 279 g/mol. The van der Waals surface area contributed by atoms with E-state index in [-0.39, 0.29) is 6.03 Å². The molecule has 19 heavy (non-hydrogen) atoms. The summed E-state index contributed by atoms with van der Waals surface area (Å²) in [5, 5.41) is 11.9. The van der Waals surface area contributed by atoms with Crippen LogP contribution in [0, 0.1) is 11.3 Å². The number of halogens is 1. The Morgan fingerprint density at radius 3 is 2.63 bits per heavy atom. The van der Waals surface area contributed by atoms with Crippen LogP contribution < -0.4 is 5.32 Å². The first-order chi connectivity index (χ1) is 9.20. The number of benzene rings is 1. The number of carbonyl (C=O) groups is 1. The van der Waals surface area contributed by atoms with Gasteiger partial charge in [-0.05, 0) is 12.1 Å². The molecule has 100 valence electrons. The Hall–Kier alpha value is -1.77. The van der Waals surface area contributed by atoms with E-state index in [9.17, 15) is 4.79 Å². The smallest absolute Gasteiger partial charge is 0.321 e. The molecule has 1 aromatic carbocycles. The van der Waals surface area contributed by atoms with Gasteiger partial charge in [-0.25, -0.2) is 4.79 Å². The molecule has 0 atom stereocenters. The molecule has 0 aromatic heterocycles. The third kappa shape index (κ3) is 3.60. The lowest BCUT2D eigenvalue weighted by molar-refractivity contribution is 0.156.